The zero-order valence-electron chi connectivity index (χ0n) is 21.2. The van der Waals surface area contributed by atoms with E-state index in [1.54, 1.807) is 6.08 Å². The van der Waals surface area contributed by atoms with Crippen LogP contribution in [0.4, 0.5) is 0 Å². The Morgan fingerprint density at radius 2 is 1.92 bits per heavy atom. The quantitative estimate of drug-likeness (QED) is 0.170. The summed E-state index contributed by atoms with van der Waals surface area (Å²) in [6.07, 6.45) is 12.5. The van der Waals surface area contributed by atoms with Crippen LogP contribution >= 0.6 is 0 Å². The van der Waals surface area contributed by atoms with Crippen molar-refractivity contribution in [2.24, 2.45) is 5.92 Å². The minimum atomic E-state index is -0.269. The largest absolute Gasteiger partial charge is 0.468 e. The van der Waals surface area contributed by atoms with Crippen LogP contribution in [0.2, 0.25) is 0 Å². The van der Waals surface area contributed by atoms with Crippen LogP contribution in [0.5, 0.6) is 0 Å². The van der Waals surface area contributed by atoms with Crippen LogP contribution in [0.25, 0.3) is 5.57 Å². The smallest absolute Gasteiger partial charge is 0.330 e. The number of carbonyl (C=O) groups is 1. The van der Waals surface area contributed by atoms with Gasteiger partial charge in [0.25, 0.3) is 0 Å². The van der Waals surface area contributed by atoms with Gasteiger partial charge in [-0.1, -0.05) is 79.1 Å². The Morgan fingerprint density at radius 1 is 1.11 bits per heavy atom. The van der Waals surface area contributed by atoms with Crippen molar-refractivity contribution in [3.05, 3.63) is 108 Å². The number of esters is 1. The molecule has 2 aliphatic carbocycles. The summed E-state index contributed by atoms with van der Waals surface area (Å²) >= 11 is 0. The van der Waals surface area contributed by atoms with Crippen LogP contribution in [0.15, 0.2) is 91.0 Å². The van der Waals surface area contributed by atoms with Crippen molar-refractivity contribution in [3.63, 3.8) is 0 Å². The maximum absolute atomic E-state index is 11.9. The average Bonchev–Trinajstić information content (AvgIpc) is 3.46. The lowest BCUT2D eigenvalue weighted by atomic mass is 9.74. The van der Waals surface area contributed by atoms with Crippen LogP contribution < -0.4 is 5.32 Å². The Morgan fingerprint density at radius 3 is 2.61 bits per heavy atom. The van der Waals surface area contributed by atoms with E-state index >= 15 is 0 Å². The molecule has 1 saturated carbocycles. The maximum atomic E-state index is 11.9. The van der Waals surface area contributed by atoms with Crippen molar-refractivity contribution in [3.8, 4) is 0 Å². The molecule has 2 aromatic carbocycles. The summed E-state index contributed by atoms with van der Waals surface area (Å²) in [6, 6.07) is 19.4. The van der Waals surface area contributed by atoms with Gasteiger partial charge in [-0.05, 0) is 73.6 Å². The van der Waals surface area contributed by atoms with Gasteiger partial charge in [0.2, 0.25) is 5.88 Å². The Bertz CT molecular complexity index is 1110. The third-order valence-corrected chi connectivity index (χ3v) is 7.14. The van der Waals surface area contributed by atoms with Crippen LogP contribution in [0.1, 0.15) is 68.1 Å². The summed E-state index contributed by atoms with van der Waals surface area (Å²) in [6.45, 7) is 6.55. The van der Waals surface area contributed by atoms with Gasteiger partial charge >= 0.3 is 5.97 Å². The predicted octanol–water partition coefficient (Wildman–Crippen LogP) is 7.06. The first-order chi connectivity index (χ1) is 17.7. The monoisotopic (exact) mass is 483 g/mol. The minimum absolute atomic E-state index is 0.189. The summed E-state index contributed by atoms with van der Waals surface area (Å²) in [5, 5.41) is 3.59. The molecule has 1 unspecified atom stereocenters. The second-order valence-corrected chi connectivity index (χ2v) is 9.57. The number of ether oxygens (including phenoxy) is 2. The van der Waals surface area contributed by atoms with E-state index in [1.807, 2.05) is 43.3 Å². The van der Waals surface area contributed by atoms with Gasteiger partial charge in [-0.15, -0.1) is 0 Å². The summed E-state index contributed by atoms with van der Waals surface area (Å²) in [5.74, 6) is 0.902. The number of benzene rings is 2. The molecule has 3 atom stereocenters. The molecule has 1 fully saturated rings. The second kappa shape index (κ2) is 13.0. The van der Waals surface area contributed by atoms with E-state index < -0.39 is 0 Å². The fraction of sp³-hybridized carbons (Fsp3) is 0.375. The van der Waals surface area contributed by atoms with Gasteiger partial charge in [0.1, 0.15) is 6.61 Å². The van der Waals surface area contributed by atoms with Gasteiger partial charge in [0.05, 0.1) is 6.61 Å². The van der Waals surface area contributed by atoms with Gasteiger partial charge in [0.15, 0.2) is 0 Å². The van der Waals surface area contributed by atoms with E-state index in [0.717, 1.165) is 24.8 Å². The Hall–Kier alpha value is -3.49. The number of hydrogen-bond acceptors (Lipinski definition) is 4. The van der Waals surface area contributed by atoms with Gasteiger partial charge in [0, 0.05) is 18.0 Å². The van der Waals surface area contributed by atoms with Crippen molar-refractivity contribution in [2.75, 3.05) is 6.61 Å². The number of carbonyl (C=O) groups excluding carboxylic acids is 1. The summed E-state index contributed by atoms with van der Waals surface area (Å²) in [5.41, 5.74) is 8.15. The van der Waals surface area contributed by atoms with Crippen LogP contribution in [0.3, 0.4) is 0 Å². The molecule has 0 bridgehead atoms. The molecule has 188 valence electrons. The summed E-state index contributed by atoms with van der Waals surface area (Å²) < 4.78 is 11.1. The fourth-order valence-electron chi connectivity index (χ4n) is 5.24. The average molecular weight is 484 g/mol. The highest BCUT2D eigenvalue weighted by molar-refractivity contribution is 5.81. The van der Waals surface area contributed by atoms with E-state index in [0.29, 0.717) is 25.0 Å². The molecule has 36 heavy (non-hydrogen) atoms. The number of nitrogens with one attached hydrogen (secondary N) is 1. The van der Waals surface area contributed by atoms with Crippen molar-refractivity contribution in [2.45, 2.75) is 64.0 Å². The van der Waals surface area contributed by atoms with Gasteiger partial charge < -0.3 is 14.8 Å². The Kier molecular flexibility index (Phi) is 9.24. The Balaban J connectivity index is 1.48. The molecule has 0 saturated heterocycles. The summed E-state index contributed by atoms with van der Waals surface area (Å²) in [4.78, 5) is 11.9. The molecule has 0 aromatic heterocycles. The fourth-order valence-corrected chi connectivity index (χ4v) is 5.24. The van der Waals surface area contributed by atoms with Crippen LogP contribution in [0, 0.1) is 5.92 Å². The predicted molar refractivity (Wildman–Crippen MR) is 145 cm³/mol. The van der Waals surface area contributed by atoms with Crippen LogP contribution in [-0.2, 0) is 20.9 Å². The van der Waals surface area contributed by atoms with Gasteiger partial charge in [-0.25, -0.2) is 4.79 Å². The molecule has 1 N–H and O–H groups in total. The highest BCUT2D eigenvalue weighted by Crippen LogP contribution is 2.38. The lowest BCUT2D eigenvalue weighted by Crippen LogP contribution is -2.39. The topological polar surface area (TPSA) is 47.6 Å². The molecular formula is C32H37NO3. The molecule has 0 amide bonds. The van der Waals surface area contributed by atoms with Gasteiger partial charge in [-0.3, -0.25) is 0 Å². The third-order valence-electron chi connectivity index (χ3n) is 7.14. The normalized spacial score (nSPS) is 21.5. The zero-order valence-corrected chi connectivity index (χ0v) is 21.2. The maximum Gasteiger partial charge on any atom is 0.330 e. The highest BCUT2D eigenvalue weighted by atomic mass is 16.5. The first kappa shape index (κ1) is 25.6. The number of allylic oxidation sites excluding steroid dienone is 3. The lowest BCUT2D eigenvalue weighted by molar-refractivity contribution is -0.137. The highest BCUT2D eigenvalue weighted by Gasteiger charge is 2.31. The molecule has 0 radical (unpaired) electrons. The lowest BCUT2D eigenvalue weighted by Gasteiger charge is -2.36. The zero-order chi connectivity index (χ0) is 25.2. The first-order valence-corrected chi connectivity index (χ1v) is 13.1. The van der Waals surface area contributed by atoms with Crippen molar-refractivity contribution in [1.29, 1.82) is 0 Å². The molecular weight excluding hydrogens is 446 g/mol. The Labute approximate surface area is 215 Å². The molecule has 4 rings (SSSR count). The molecule has 4 nitrogen and oxygen atoms in total. The van der Waals surface area contributed by atoms with E-state index in [9.17, 15) is 4.79 Å². The standard InChI is InChI=1S/C32H37NO3/c1-3-31(36-23-25-10-6-5-7-11-25)33-30-20-14-24(15-21-32(34)35-4-2)22-29(30)28-18-16-27(17-19-28)26-12-8-9-13-26/h5-7,10-12,15-19,21,24,29-30,33H,1,4,8-9,13-14,20,22-23H2,2H3/b21-15-/t24?,29-,30+/m0/s1. The molecule has 0 aliphatic heterocycles. The van der Waals surface area contributed by atoms with Crippen molar-refractivity contribution in [1.82, 2.24) is 5.32 Å². The van der Waals surface area contributed by atoms with E-state index in [1.165, 1.54) is 36.0 Å². The SMILES string of the molecule is C=C=C(N[C@@H]1CCC(/C=C\C(=O)OCC)C[C@H]1c1ccc(C2=CCCC2)cc1)OCc1ccccc1. The van der Waals surface area contributed by atoms with E-state index in [-0.39, 0.29) is 17.9 Å². The van der Waals surface area contributed by atoms with Crippen molar-refractivity contribution >= 4 is 11.5 Å². The molecule has 4 heteroatoms. The third kappa shape index (κ3) is 7.02. The second-order valence-electron chi connectivity index (χ2n) is 9.57. The summed E-state index contributed by atoms with van der Waals surface area (Å²) in [7, 11) is 0. The minimum Gasteiger partial charge on any atom is -0.468 e. The number of hydrogen-bond donors (Lipinski definition) is 1. The van der Waals surface area contributed by atoms with E-state index in [4.69, 9.17) is 9.47 Å². The van der Waals surface area contributed by atoms with E-state index in [2.05, 4.69) is 48.0 Å². The molecule has 2 aromatic rings. The molecule has 2 aliphatic rings. The van der Waals surface area contributed by atoms with Gasteiger partial charge in [-0.2, -0.15) is 0 Å². The first-order valence-electron chi connectivity index (χ1n) is 13.1. The number of rotatable bonds is 10. The van der Waals surface area contributed by atoms with Crippen LogP contribution in [-0.4, -0.2) is 18.6 Å². The molecule has 0 heterocycles. The van der Waals surface area contributed by atoms with Crippen molar-refractivity contribution < 1.29 is 14.3 Å². The molecule has 0 spiro atoms.